The van der Waals surface area contributed by atoms with Crippen LogP contribution in [0.1, 0.15) is 46.1 Å². The number of benzene rings is 3. The van der Waals surface area contributed by atoms with Gasteiger partial charge < -0.3 is 5.11 Å². The van der Waals surface area contributed by atoms with E-state index in [1.54, 1.807) is 12.3 Å². The minimum absolute atomic E-state index is 0.260. The number of allylic oxidation sites excluding steroid dienone is 4. The average Bonchev–Trinajstić information content (AvgIpc) is 2.73. The van der Waals surface area contributed by atoms with E-state index in [1.165, 1.54) is 4.90 Å². The summed E-state index contributed by atoms with van der Waals surface area (Å²) in [6.07, 6.45) is 8.07. The molecule has 0 aliphatic rings. The normalized spacial score (nSPS) is 12.6. The van der Waals surface area contributed by atoms with Crippen LogP contribution in [0, 0.1) is 0 Å². The standard InChI is InChI=1S/C28H31NO2/c1-6-12-20(13-7-2)18-19-29(27(30)31)26-24-17-11-9-15-22(24)21-14-8-10-16-23(21)25(26)28(3,4)5/h6,8-12,14-19H,1,7,13H2,2-5H3,(H,30,31)/b19-18+,20-12+. The molecule has 0 aliphatic carbocycles. The predicted octanol–water partition coefficient (Wildman–Crippen LogP) is 8.20. The monoisotopic (exact) mass is 413 g/mol. The van der Waals surface area contributed by atoms with Gasteiger partial charge in [0.25, 0.3) is 0 Å². The molecule has 160 valence electrons. The van der Waals surface area contributed by atoms with E-state index < -0.39 is 6.09 Å². The second kappa shape index (κ2) is 9.22. The zero-order valence-corrected chi connectivity index (χ0v) is 18.9. The summed E-state index contributed by atoms with van der Waals surface area (Å²) in [5.74, 6) is 0. The molecule has 0 heterocycles. The Hall–Kier alpha value is -3.33. The highest BCUT2D eigenvalue weighted by Crippen LogP contribution is 2.44. The van der Waals surface area contributed by atoms with Crippen LogP contribution in [-0.4, -0.2) is 11.2 Å². The van der Waals surface area contributed by atoms with Crippen molar-refractivity contribution >= 4 is 33.3 Å². The number of anilines is 1. The van der Waals surface area contributed by atoms with Crippen LogP contribution in [0.2, 0.25) is 0 Å². The highest BCUT2D eigenvalue weighted by molar-refractivity contribution is 6.18. The Kier molecular flexibility index (Phi) is 6.65. The molecule has 0 aromatic heterocycles. The molecule has 1 N–H and O–H groups in total. The van der Waals surface area contributed by atoms with Gasteiger partial charge in [-0.3, -0.25) is 4.90 Å². The number of amides is 1. The predicted molar refractivity (Wildman–Crippen MR) is 133 cm³/mol. The lowest BCUT2D eigenvalue weighted by Gasteiger charge is -2.30. The van der Waals surface area contributed by atoms with Gasteiger partial charge in [-0.2, -0.15) is 0 Å². The zero-order valence-electron chi connectivity index (χ0n) is 18.9. The van der Waals surface area contributed by atoms with Gasteiger partial charge in [-0.15, -0.1) is 0 Å². The molecule has 0 saturated carbocycles. The van der Waals surface area contributed by atoms with Gasteiger partial charge in [0.05, 0.1) is 5.69 Å². The molecule has 0 saturated heterocycles. The smallest absolute Gasteiger partial charge is 0.416 e. The molecule has 0 spiro atoms. The highest BCUT2D eigenvalue weighted by atomic mass is 16.4. The van der Waals surface area contributed by atoms with Crippen molar-refractivity contribution in [2.24, 2.45) is 0 Å². The molecule has 3 aromatic rings. The van der Waals surface area contributed by atoms with Crippen LogP contribution in [0.25, 0.3) is 21.5 Å². The Morgan fingerprint density at radius 2 is 1.55 bits per heavy atom. The van der Waals surface area contributed by atoms with Crippen molar-refractivity contribution in [3.63, 3.8) is 0 Å². The Morgan fingerprint density at radius 3 is 2.06 bits per heavy atom. The Balaban J connectivity index is 2.40. The van der Waals surface area contributed by atoms with E-state index in [9.17, 15) is 9.90 Å². The third-order valence-electron chi connectivity index (χ3n) is 5.41. The van der Waals surface area contributed by atoms with E-state index in [-0.39, 0.29) is 5.41 Å². The summed E-state index contributed by atoms with van der Waals surface area (Å²) in [6, 6.07) is 16.3. The fraction of sp³-hybridized carbons (Fsp3) is 0.250. The van der Waals surface area contributed by atoms with E-state index in [0.29, 0.717) is 0 Å². The van der Waals surface area contributed by atoms with Gasteiger partial charge in [-0.25, -0.2) is 4.79 Å². The van der Waals surface area contributed by atoms with Crippen LogP contribution in [0.3, 0.4) is 0 Å². The van der Waals surface area contributed by atoms with Crippen molar-refractivity contribution in [3.05, 3.63) is 90.7 Å². The summed E-state index contributed by atoms with van der Waals surface area (Å²) in [5, 5.41) is 14.5. The molecule has 3 nitrogen and oxygen atoms in total. The van der Waals surface area contributed by atoms with Crippen molar-refractivity contribution < 1.29 is 9.90 Å². The van der Waals surface area contributed by atoms with Crippen molar-refractivity contribution in [2.75, 3.05) is 4.90 Å². The summed E-state index contributed by atoms with van der Waals surface area (Å²) in [6.45, 7) is 12.3. The van der Waals surface area contributed by atoms with Crippen molar-refractivity contribution in [3.8, 4) is 0 Å². The van der Waals surface area contributed by atoms with Crippen LogP contribution in [0.15, 0.2) is 85.1 Å². The molecule has 0 aliphatic heterocycles. The van der Waals surface area contributed by atoms with Crippen LogP contribution < -0.4 is 4.90 Å². The molecule has 31 heavy (non-hydrogen) atoms. The molecule has 3 rings (SSSR count). The third kappa shape index (κ3) is 4.56. The maximum atomic E-state index is 12.5. The Morgan fingerprint density at radius 1 is 1.00 bits per heavy atom. The van der Waals surface area contributed by atoms with E-state index in [1.807, 2.05) is 42.5 Å². The molecule has 1 amide bonds. The van der Waals surface area contributed by atoms with Gasteiger partial charge in [-0.05, 0) is 45.2 Å². The van der Waals surface area contributed by atoms with Crippen LogP contribution >= 0.6 is 0 Å². The molecule has 0 unspecified atom stereocenters. The fourth-order valence-electron chi connectivity index (χ4n) is 4.20. The molecule has 0 radical (unpaired) electrons. The van der Waals surface area contributed by atoms with Crippen molar-refractivity contribution in [1.29, 1.82) is 0 Å². The van der Waals surface area contributed by atoms with Gasteiger partial charge in [0.1, 0.15) is 0 Å². The molecule has 3 aromatic carbocycles. The SMILES string of the molecule is C=C/C=C(/C=C/N(C(=O)O)c1c(C(C)(C)C)c2ccccc2c2ccccc12)CCC. The number of nitrogens with zero attached hydrogens (tertiary/aromatic N) is 1. The van der Waals surface area contributed by atoms with E-state index in [4.69, 9.17) is 0 Å². The number of rotatable bonds is 6. The van der Waals surface area contributed by atoms with Crippen LogP contribution in [0.5, 0.6) is 0 Å². The maximum Gasteiger partial charge on any atom is 0.416 e. The largest absolute Gasteiger partial charge is 0.464 e. The minimum Gasteiger partial charge on any atom is -0.464 e. The molecular formula is C28H31NO2. The van der Waals surface area contributed by atoms with Gasteiger partial charge in [0.15, 0.2) is 0 Å². The quantitative estimate of drug-likeness (QED) is 0.327. The second-order valence-corrected chi connectivity index (χ2v) is 8.76. The summed E-state index contributed by atoms with van der Waals surface area (Å²) < 4.78 is 0. The van der Waals surface area contributed by atoms with Crippen LogP contribution in [-0.2, 0) is 5.41 Å². The van der Waals surface area contributed by atoms with E-state index in [0.717, 1.165) is 51.2 Å². The first-order chi connectivity index (χ1) is 14.8. The first-order valence-electron chi connectivity index (χ1n) is 10.8. The number of fused-ring (bicyclic) bond motifs is 3. The molecule has 0 atom stereocenters. The van der Waals surface area contributed by atoms with Gasteiger partial charge in [-0.1, -0.05) is 101 Å². The molecule has 0 bridgehead atoms. The lowest BCUT2D eigenvalue weighted by atomic mass is 9.80. The van der Waals surface area contributed by atoms with Gasteiger partial charge >= 0.3 is 6.09 Å². The Bertz CT molecular complexity index is 1180. The summed E-state index contributed by atoms with van der Waals surface area (Å²) in [7, 11) is 0. The first kappa shape index (κ1) is 22.4. The topological polar surface area (TPSA) is 40.5 Å². The second-order valence-electron chi connectivity index (χ2n) is 8.76. The molecule has 0 fully saturated rings. The van der Waals surface area contributed by atoms with Crippen LogP contribution in [0.4, 0.5) is 10.5 Å². The lowest BCUT2D eigenvalue weighted by molar-refractivity contribution is 0.204. The molecular weight excluding hydrogens is 382 g/mol. The van der Waals surface area contributed by atoms with Gasteiger partial charge in [0.2, 0.25) is 0 Å². The minimum atomic E-state index is -1.00. The van der Waals surface area contributed by atoms with Crippen molar-refractivity contribution in [2.45, 2.75) is 46.0 Å². The number of hydrogen-bond acceptors (Lipinski definition) is 1. The maximum absolute atomic E-state index is 12.5. The highest BCUT2D eigenvalue weighted by Gasteiger charge is 2.28. The summed E-state index contributed by atoms with van der Waals surface area (Å²) >= 11 is 0. The van der Waals surface area contributed by atoms with E-state index >= 15 is 0 Å². The molecule has 3 heteroatoms. The van der Waals surface area contributed by atoms with E-state index in [2.05, 4.69) is 52.5 Å². The summed E-state index contributed by atoms with van der Waals surface area (Å²) in [5.41, 5.74) is 2.54. The van der Waals surface area contributed by atoms with Crippen molar-refractivity contribution in [1.82, 2.24) is 0 Å². The zero-order chi connectivity index (χ0) is 22.6. The first-order valence-corrected chi connectivity index (χ1v) is 10.8. The van der Waals surface area contributed by atoms with Gasteiger partial charge in [0, 0.05) is 11.6 Å². The number of hydrogen-bond donors (Lipinski definition) is 1. The number of carbonyl (C=O) groups is 1. The Labute approximate surface area is 185 Å². The number of carboxylic acid groups (broad SMARTS) is 1. The lowest BCUT2D eigenvalue weighted by Crippen LogP contribution is -2.27. The third-order valence-corrected chi connectivity index (χ3v) is 5.41. The average molecular weight is 414 g/mol. The fourth-order valence-corrected chi connectivity index (χ4v) is 4.20. The summed E-state index contributed by atoms with van der Waals surface area (Å²) in [4.78, 5) is 13.9.